The number of imide groups is 1. The van der Waals surface area contributed by atoms with Crippen LogP contribution in [0.1, 0.15) is 34.2 Å². The van der Waals surface area contributed by atoms with Crippen LogP contribution in [0.5, 0.6) is 0 Å². The van der Waals surface area contributed by atoms with Crippen LogP contribution in [0, 0.1) is 34.6 Å². The van der Waals surface area contributed by atoms with Gasteiger partial charge in [-0.05, 0) is 69.0 Å². The molecule has 1 atom stereocenters. The number of hydrogen-bond donors (Lipinski definition) is 1. The summed E-state index contributed by atoms with van der Waals surface area (Å²) in [5.74, 6) is -0.343. The van der Waals surface area contributed by atoms with Gasteiger partial charge in [-0.1, -0.05) is 23.8 Å². The third-order valence-corrected chi connectivity index (χ3v) is 4.61. The van der Waals surface area contributed by atoms with Crippen LogP contribution in [0.2, 0.25) is 0 Å². The summed E-state index contributed by atoms with van der Waals surface area (Å²) >= 11 is 0. The molecule has 1 saturated heterocycles. The van der Waals surface area contributed by atoms with Crippen molar-refractivity contribution < 1.29 is 9.59 Å². The Balaban J connectivity index is 1.89. The van der Waals surface area contributed by atoms with Gasteiger partial charge in [-0.2, -0.15) is 0 Å². The minimum absolute atomic E-state index is 0.157. The summed E-state index contributed by atoms with van der Waals surface area (Å²) < 4.78 is 0. The van der Waals surface area contributed by atoms with Gasteiger partial charge in [0.15, 0.2) is 0 Å². The Morgan fingerprint density at radius 2 is 1.36 bits per heavy atom. The van der Waals surface area contributed by atoms with Crippen LogP contribution < -0.4 is 10.2 Å². The number of hydrogen-bond acceptors (Lipinski definition) is 3. The third-order valence-electron chi connectivity index (χ3n) is 4.61. The molecule has 25 heavy (non-hydrogen) atoms. The average molecular weight is 336 g/mol. The van der Waals surface area contributed by atoms with Crippen molar-refractivity contribution in [1.82, 2.24) is 0 Å². The van der Waals surface area contributed by atoms with Crippen molar-refractivity contribution >= 4 is 23.2 Å². The number of benzene rings is 2. The molecule has 0 aliphatic carbocycles. The molecule has 1 N–H and O–H groups in total. The molecule has 4 nitrogen and oxygen atoms in total. The van der Waals surface area contributed by atoms with Gasteiger partial charge in [0.2, 0.25) is 5.91 Å². The molecular formula is C21H24N2O2. The van der Waals surface area contributed by atoms with Crippen molar-refractivity contribution in [3.63, 3.8) is 0 Å². The zero-order valence-electron chi connectivity index (χ0n) is 15.4. The van der Waals surface area contributed by atoms with Crippen molar-refractivity contribution in [3.05, 3.63) is 58.1 Å². The maximum Gasteiger partial charge on any atom is 0.256 e. The van der Waals surface area contributed by atoms with Crippen molar-refractivity contribution in [2.75, 3.05) is 10.2 Å². The smallest absolute Gasteiger partial charge is 0.256 e. The first-order valence-corrected chi connectivity index (χ1v) is 8.55. The van der Waals surface area contributed by atoms with Crippen molar-refractivity contribution in [2.24, 2.45) is 0 Å². The lowest BCUT2D eigenvalue weighted by atomic mass is 10.0. The Morgan fingerprint density at radius 1 is 0.840 bits per heavy atom. The van der Waals surface area contributed by atoms with Crippen molar-refractivity contribution in [2.45, 2.75) is 47.1 Å². The summed E-state index contributed by atoms with van der Waals surface area (Å²) in [6.07, 6.45) is 0.179. The molecule has 0 radical (unpaired) electrons. The van der Waals surface area contributed by atoms with Gasteiger partial charge in [-0.25, -0.2) is 4.90 Å². The largest absolute Gasteiger partial charge is 0.373 e. The van der Waals surface area contributed by atoms with Crippen LogP contribution in [0.3, 0.4) is 0 Å². The fourth-order valence-corrected chi connectivity index (χ4v) is 3.68. The number of anilines is 2. The zero-order valence-corrected chi connectivity index (χ0v) is 15.4. The molecule has 0 bridgehead atoms. The Morgan fingerprint density at radius 3 is 1.92 bits per heavy atom. The highest BCUT2D eigenvalue weighted by molar-refractivity contribution is 6.23. The summed E-state index contributed by atoms with van der Waals surface area (Å²) in [4.78, 5) is 26.7. The first-order valence-electron chi connectivity index (χ1n) is 8.55. The first-order chi connectivity index (χ1) is 11.8. The van der Waals surface area contributed by atoms with E-state index in [2.05, 4.69) is 24.4 Å². The van der Waals surface area contributed by atoms with Crippen LogP contribution in [0.15, 0.2) is 30.3 Å². The van der Waals surface area contributed by atoms with Gasteiger partial charge < -0.3 is 5.32 Å². The predicted octanol–water partition coefficient (Wildman–Crippen LogP) is 3.97. The predicted molar refractivity (Wildman–Crippen MR) is 101 cm³/mol. The highest BCUT2D eigenvalue weighted by atomic mass is 16.2. The maximum absolute atomic E-state index is 12.9. The van der Waals surface area contributed by atoms with E-state index in [9.17, 15) is 9.59 Å². The SMILES string of the molecule is Cc1cc(C)cc(N2C(=O)CC(Nc3c(C)cc(C)cc3C)C2=O)c1. The molecule has 0 aromatic heterocycles. The van der Waals surface area contributed by atoms with Crippen molar-refractivity contribution in [3.8, 4) is 0 Å². The quantitative estimate of drug-likeness (QED) is 0.863. The van der Waals surface area contributed by atoms with E-state index in [-0.39, 0.29) is 18.2 Å². The Bertz CT molecular complexity index is 827. The van der Waals surface area contributed by atoms with Gasteiger partial charge in [0.05, 0.1) is 12.1 Å². The molecule has 1 heterocycles. The third kappa shape index (κ3) is 3.29. The van der Waals surface area contributed by atoms with Crippen LogP contribution in [0.4, 0.5) is 11.4 Å². The molecule has 0 spiro atoms. The number of nitrogens with one attached hydrogen (secondary N) is 1. The number of nitrogens with zero attached hydrogens (tertiary/aromatic N) is 1. The lowest BCUT2D eigenvalue weighted by molar-refractivity contribution is -0.121. The van der Waals surface area contributed by atoms with Gasteiger partial charge in [0.25, 0.3) is 5.91 Å². The van der Waals surface area contributed by atoms with E-state index in [0.717, 1.165) is 27.9 Å². The number of rotatable bonds is 3. The summed E-state index contributed by atoms with van der Waals surface area (Å²) in [5.41, 5.74) is 7.04. The van der Waals surface area contributed by atoms with Gasteiger partial charge in [0, 0.05) is 5.69 Å². The second kappa shape index (κ2) is 6.36. The molecular weight excluding hydrogens is 312 g/mol. The Kier molecular flexibility index (Phi) is 4.38. The minimum atomic E-state index is -0.520. The monoisotopic (exact) mass is 336 g/mol. The summed E-state index contributed by atoms with van der Waals surface area (Å²) in [6, 6.07) is 9.44. The molecule has 3 rings (SSSR count). The number of amides is 2. The van der Waals surface area contributed by atoms with E-state index in [1.54, 1.807) is 0 Å². The Hall–Kier alpha value is -2.62. The highest BCUT2D eigenvalue weighted by Crippen LogP contribution is 2.29. The minimum Gasteiger partial charge on any atom is -0.373 e. The molecule has 1 aliphatic heterocycles. The van der Waals surface area contributed by atoms with Gasteiger partial charge >= 0.3 is 0 Å². The van der Waals surface area contributed by atoms with Gasteiger partial charge in [-0.15, -0.1) is 0 Å². The van der Waals surface area contributed by atoms with Crippen LogP contribution in [0.25, 0.3) is 0 Å². The fraction of sp³-hybridized carbons (Fsp3) is 0.333. The van der Waals surface area contributed by atoms with E-state index in [0.29, 0.717) is 5.69 Å². The topological polar surface area (TPSA) is 49.4 Å². The van der Waals surface area contributed by atoms with E-state index in [1.807, 2.05) is 45.9 Å². The average Bonchev–Trinajstić information content (AvgIpc) is 2.76. The molecule has 1 fully saturated rings. The van der Waals surface area contributed by atoms with Crippen LogP contribution >= 0.6 is 0 Å². The van der Waals surface area contributed by atoms with Crippen LogP contribution in [-0.2, 0) is 9.59 Å². The van der Waals surface area contributed by atoms with E-state index < -0.39 is 6.04 Å². The number of carbonyl (C=O) groups excluding carboxylic acids is 2. The number of aryl methyl sites for hydroxylation is 5. The Labute approximate surface area is 148 Å². The maximum atomic E-state index is 12.9. The number of carbonyl (C=O) groups is 2. The molecule has 4 heteroatoms. The fourth-order valence-electron chi connectivity index (χ4n) is 3.68. The van der Waals surface area contributed by atoms with Crippen molar-refractivity contribution in [1.29, 1.82) is 0 Å². The normalized spacial score (nSPS) is 17.3. The standard InChI is InChI=1S/C21H24N2O2/c1-12-6-13(2)10-17(9-12)23-19(24)11-18(21(23)25)22-20-15(4)7-14(3)8-16(20)5/h6-10,18,22H,11H2,1-5H3. The van der Waals surface area contributed by atoms with Gasteiger partial charge in [-0.3, -0.25) is 9.59 Å². The first kappa shape index (κ1) is 17.2. The molecule has 2 aromatic rings. The summed E-state index contributed by atoms with van der Waals surface area (Å²) in [5, 5.41) is 3.30. The van der Waals surface area contributed by atoms with E-state index >= 15 is 0 Å². The zero-order chi connectivity index (χ0) is 18.3. The molecule has 130 valence electrons. The van der Waals surface area contributed by atoms with Crippen LogP contribution in [-0.4, -0.2) is 17.9 Å². The van der Waals surface area contributed by atoms with E-state index in [1.165, 1.54) is 10.5 Å². The second-order valence-corrected chi connectivity index (χ2v) is 7.09. The second-order valence-electron chi connectivity index (χ2n) is 7.09. The summed E-state index contributed by atoms with van der Waals surface area (Å²) in [6.45, 7) is 10.0. The molecule has 1 aliphatic rings. The van der Waals surface area contributed by atoms with E-state index in [4.69, 9.17) is 0 Å². The van der Waals surface area contributed by atoms with Gasteiger partial charge in [0.1, 0.15) is 6.04 Å². The molecule has 1 unspecified atom stereocenters. The summed E-state index contributed by atoms with van der Waals surface area (Å²) in [7, 11) is 0. The molecule has 0 saturated carbocycles. The lowest BCUT2D eigenvalue weighted by Crippen LogP contribution is -2.35. The lowest BCUT2D eigenvalue weighted by Gasteiger charge is -2.19. The molecule has 2 aromatic carbocycles. The molecule has 2 amide bonds. The highest BCUT2D eigenvalue weighted by Gasteiger charge is 2.40.